The van der Waals surface area contributed by atoms with Gasteiger partial charge in [0.15, 0.2) is 0 Å². The van der Waals surface area contributed by atoms with Crippen LogP contribution >= 0.6 is 11.6 Å². The van der Waals surface area contributed by atoms with Crippen LogP contribution in [0.5, 0.6) is 0 Å². The smallest absolute Gasteiger partial charge is 0.340 e. The van der Waals surface area contributed by atoms with Gasteiger partial charge in [-0.25, -0.2) is 9.69 Å². The summed E-state index contributed by atoms with van der Waals surface area (Å²) >= 11 is 6.19. The molecule has 3 atom stereocenters. The Balaban J connectivity index is 1.25. The van der Waals surface area contributed by atoms with Crippen molar-refractivity contribution in [3.05, 3.63) is 106 Å². The van der Waals surface area contributed by atoms with Gasteiger partial charge in [0.2, 0.25) is 11.8 Å². The predicted octanol–water partition coefficient (Wildman–Crippen LogP) is 7.21. The molecule has 0 spiro atoms. The fourth-order valence-electron chi connectivity index (χ4n) is 7.28. The molecule has 3 aliphatic rings. The molecule has 0 N–H and O–H groups in total. The van der Waals surface area contributed by atoms with Crippen molar-refractivity contribution in [2.24, 2.45) is 17.3 Å². The van der Waals surface area contributed by atoms with Crippen molar-refractivity contribution < 1.29 is 19.1 Å². The van der Waals surface area contributed by atoms with Gasteiger partial charge in [0.05, 0.1) is 11.3 Å². The van der Waals surface area contributed by atoms with Gasteiger partial charge in [0, 0.05) is 35.9 Å². The van der Waals surface area contributed by atoms with Gasteiger partial charge in [-0.3, -0.25) is 9.59 Å². The molecule has 6 rings (SSSR count). The van der Waals surface area contributed by atoms with Gasteiger partial charge in [0.1, 0.15) is 6.61 Å². The largest absolute Gasteiger partial charge is 0.461 e. The minimum Gasteiger partial charge on any atom is -0.461 e. The number of carbonyl (C=O) groups is 3. The lowest BCUT2D eigenvalue weighted by molar-refractivity contribution is -0.122. The third-order valence-corrected chi connectivity index (χ3v) is 9.71. The standard InChI is InChI=1S/C37H39ClN2O4/c1-26-21-34(41)40(35(26)42)33-14-6-5-13-31(33)36(43)44-25-37-19-7-12-29(32(37)22-28-15-17-30(38)18-16-28)23-39(24-37)20-8-11-27-9-3-2-4-10-27/h2-6,9-10,13-18,22,26,29H,7-8,11-12,19-21,23-25H2,1H3/t26?,29-,37+/m1/s1. The number of imide groups is 1. The first kappa shape index (κ1) is 30.3. The molecule has 1 saturated carbocycles. The molecule has 0 radical (unpaired) electrons. The first-order valence-corrected chi connectivity index (χ1v) is 16.1. The summed E-state index contributed by atoms with van der Waals surface area (Å²) in [5.74, 6) is -1.11. The highest BCUT2D eigenvalue weighted by molar-refractivity contribution is 6.30. The molecule has 1 aliphatic carbocycles. The summed E-state index contributed by atoms with van der Waals surface area (Å²) in [4.78, 5) is 42.9. The van der Waals surface area contributed by atoms with Crippen LogP contribution in [0.3, 0.4) is 0 Å². The number of piperidine rings is 1. The molecular formula is C37H39ClN2O4. The molecule has 1 unspecified atom stereocenters. The molecular weight excluding hydrogens is 572 g/mol. The molecule has 2 heterocycles. The lowest BCUT2D eigenvalue weighted by atomic mass is 9.62. The van der Waals surface area contributed by atoms with Crippen molar-refractivity contribution in [1.82, 2.24) is 4.90 Å². The van der Waals surface area contributed by atoms with Gasteiger partial charge in [-0.2, -0.15) is 0 Å². The van der Waals surface area contributed by atoms with Crippen LogP contribution in [0.15, 0.2) is 84.4 Å². The molecule has 2 saturated heterocycles. The second kappa shape index (κ2) is 13.1. The number of aryl methyl sites for hydroxylation is 1. The number of benzene rings is 3. The lowest BCUT2D eigenvalue weighted by Gasteiger charge is -2.51. The first-order valence-electron chi connectivity index (χ1n) is 15.7. The maximum atomic E-state index is 13.7. The van der Waals surface area contributed by atoms with Crippen molar-refractivity contribution in [3.8, 4) is 0 Å². The fourth-order valence-corrected chi connectivity index (χ4v) is 7.40. The third-order valence-electron chi connectivity index (χ3n) is 9.46. The monoisotopic (exact) mass is 610 g/mol. The molecule has 228 valence electrons. The van der Waals surface area contributed by atoms with E-state index >= 15 is 0 Å². The maximum Gasteiger partial charge on any atom is 0.340 e. The van der Waals surface area contributed by atoms with E-state index in [4.69, 9.17) is 16.3 Å². The quantitative estimate of drug-likeness (QED) is 0.189. The van der Waals surface area contributed by atoms with E-state index in [-0.39, 0.29) is 35.8 Å². The molecule has 3 aromatic carbocycles. The Hall–Kier alpha value is -3.74. The zero-order valence-corrected chi connectivity index (χ0v) is 26.0. The summed E-state index contributed by atoms with van der Waals surface area (Å²) in [7, 11) is 0. The van der Waals surface area contributed by atoms with Gasteiger partial charge in [-0.05, 0) is 73.5 Å². The van der Waals surface area contributed by atoms with Crippen LogP contribution < -0.4 is 4.90 Å². The molecule has 2 aliphatic heterocycles. The number of likely N-dealkylation sites (tertiary alicyclic amines) is 1. The number of esters is 1. The average Bonchev–Trinajstić information content (AvgIpc) is 3.28. The second-order valence-electron chi connectivity index (χ2n) is 12.6. The second-order valence-corrected chi connectivity index (χ2v) is 13.0. The number of hydrogen-bond acceptors (Lipinski definition) is 5. The van der Waals surface area contributed by atoms with Crippen LogP contribution in [0.1, 0.15) is 60.5 Å². The topological polar surface area (TPSA) is 66.9 Å². The van der Waals surface area contributed by atoms with Crippen LogP contribution in [-0.4, -0.2) is 48.9 Å². The Morgan fingerprint density at radius 3 is 2.52 bits per heavy atom. The molecule has 6 nitrogen and oxygen atoms in total. The van der Waals surface area contributed by atoms with Gasteiger partial charge in [-0.15, -0.1) is 0 Å². The Bertz CT molecular complexity index is 1550. The minimum absolute atomic E-state index is 0.145. The highest BCUT2D eigenvalue weighted by Crippen LogP contribution is 2.49. The van der Waals surface area contributed by atoms with E-state index < -0.39 is 11.9 Å². The number of fused-ring (bicyclic) bond motifs is 2. The highest BCUT2D eigenvalue weighted by Gasteiger charge is 2.47. The van der Waals surface area contributed by atoms with E-state index in [1.807, 2.05) is 24.3 Å². The van der Waals surface area contributed by atoms with Crippen LogP contribution in [0.4, 0.5) is 5.69 Å². The van der Waals surface area contributed by atoms with Gasteiger partial charge < -0.3 is 9.64 Å². The summed E-state index contributed by atoms with van der Waals surface area (Å²) < 4.78 is 6.17. The Morgan fingerprint density at radius 2 is 1.77 bits per heavy atom. The summed E-state index contributed by atoms with van der Waals surface area (Å²) in [5.41, 5.74) is 4.00. The molecule has 7 heteroatoms. The van der Waals surface area contributed by atoms with E-state index in [1.54, 1.807) is 31.2 Å². The Labute approximate surface area is 264 Å². The van der Waals surface area contributed by atoms with Crippen molar-refractivity contribution in [1.29, 1.82) is 0 Å². The zero-order chi connectivity index (χ0) is 30.7. The lowest BCUT2D eigenvalue weighted by Crippen LogP contribution is -2.53. The van der Waals surface area contributed by atoms with Gasteiger partial charge in [0.25, 0.3) is 0 Å². The molecule has 3 fully saturated rings. The first-order chi connectivity index (χ1) is 21.3. The van der Waals surface area contributed by atoms with E-state index in [1.165, 1.54) is 11.1 Å². The molecule has 2 bridgehead atoms. The molecule has 0 aromatic heterocycles. The molecule has 3 aromatic rings. The fraction of sp³-hybridized carbons (Fsp3) is 0.378. The summed E-state index contributed by atoms with van der Waals surface area (Å²) in [5, 5.41) is 0.701. The average molecular weight is 611 g/mol. The summed E-state index contributed by atoms with van der Waals surface area (Å²) in [6.07, 6.45) is 7.62. The number of amides is 2. The van der Waals surface area contributed by atoms with Crippen LogP contribution in [-0.2, 0) is 20.7 Å². The third kappa shape index (κ3) is 6.38. The number of ether oxygens (including phenoxy) is 1. The van der Waals surface area contributed by atoms with Crippen molar-refractivity contribution in [3.63, 3.8) is 0 Å². The number of carbonyl (C=O) groups excluding carboxylic acids is 3. The van der Waals surface area contributed by atoms with Crippen LogP contribution in [0, 0.1) is 17.3 Å². The maximum absolute atomic E-state index is 13.7. The SMILES string of the molecule is CC1CC(=O)N(c2ccccc2C(=O)OC[C@]23CCC[C@H](CN(CCCc4ccccc4)C2)C3=Cc2ccc(Cl)cc2)C1=O. The zero-order valence-electron chi connectivity index (χ0n) is 25.2. The van der Waals surface area contributed by atoms with E-state index in [0.717, 1.165) is 62.2 Å². The van der Waals surface area contributed by atoms with E-state index in [9.17, 15) is 14.4 Å². The normalized spacial score (nSPS) is 24.6. The number of anilines is 1. The number of hydrogen-bond donors (Lipinski definition) is 0. The van der Waals surface area contributed by atoms with E-state index in [2.05, 4.69) is 41.3 Å². The van der Waals surface area contributed by atoms with Crippen LogP contribution in [0.25, 0.3) is 6.08 Å². The van der Waals surface area contributed by atoms with Crippen molar-refractivity contribution in [2.75, 3.05) is 31.1 Å². The number of nitrogens with zero attached hydrogens (tertiary/aromatic N) is 2. The van der Waals surface area contributed by atoms with E-state index in [0.29, 0.717) is 16.6 Å². The minimum atomic E-state index is -0.510. The highest BCUT2D eigenvalue weighted by atomic mass is 35.5. The van der Waals surface area contributed by atoms with Gasteiger partial charge >= 0.3 is 5.97 Å². The van der Waals surface area contributed by atoms with Crippen molar-refractivity contribution >= 4 is 41.1 Å². The molecule has 2 amide bonds. The number of para-hydroxylation sites is 1. The van der Waals surface area contributed by atoms with Crippen LogP contribution in [0.2, 0.25) is 5.02 Å². The Morgan fingerprint density at radius 1 is 1.02 bits per heavy atom. The number of rotatable bonds is 9. The number of halogens is 1. The predicted molar refractivity (Wildman–Crippen MR) is 173 cm³/mol. The van der Waals surface area contributed by atoms with Crippen molar-refractivity contribution in [2.45, 2.75) is 45.4 Å². The Kier molecular flexibility index (Phi) is 9.01. The van der Waals surface area contributed by atoms with Gasteiger partial charge in [-0.1, -0.05) is 91.2 Å². The molecule has 44 heavy (non-hydrogen) atoms. The summed E-state index contributed by atoms with van der Waals surface area (Å²) in [6.45, 7) is 4.76. The summed E-state index contributed by atoms with van der Waals surface area (Å²) in [6, 6.07) is 25.3.